The molecule has 5 nitrogen and oxygen atoms in total. The van der Waals surface area contributed by atoms with Crippen molar-refractivity contribution in [3.63, 3.8) is 0 Å². The van der Waals surface area contributed by atoms with E-state index >= 15 is 0 Å². The van der Waals surface area contributed by atoms with Gasteiger partial charge in [-0.1, -0.05) is 36.2 Å². The highest BCUT2D eigenvalue weighted by atomic mass is 127. The SMILES string of the molecule is CCNC(=O)[C@H](CC)N(Cc1c(Cl)cccc1Cl)C(=O)COc1ccc(I)cc1. The first-order chi connectivity index (χ1) is 13.9. The van der Waals surface area contributed by atoms with E-state index in [0.29, 0.717) is 34.3 Å². The third-order valence-electron chi connectivity index (χ3n) is 4.30. The van der Waals surface area contributed by atoms with Crippen LogP contribution in [0.4, 0.5) is 0 Å². The molecule has 8 heteroatoms. The molecule has 2 aromatic rings. The Bertz CT molecular complexity index is 826. The van der Waals surface area contributed by atoms with E-state index in [1.54, 1.807) is 30.3 Å². The monoisotopic (exact) mass is 548 g/mol. The number of nitrogens with zero attached hydrogens (tertiary/aromatic N) is 1. The van der Waals surface area contributed by atoms with Gasteiger partial charge in [0, 0.05) is 32.3 Å². The lowest BCUT2D eigenvalue weighted by molar-refractivity contribution is -0.142. The minimum absolute atomic E-state index is 0.114. The lowest BCUT2D eigenvalue weighted by Crippen LogP contribution is -2.50. The molecule has 0 heterocycles. The summed E-state index contributed by atoms with van der Waals surface area (Å²) in [5.41, 5.74) is 0.598. The fraction of sp³-hybridized carbons (Fsp3) is 0.333. The Morgan fingerprint density at radius 1 is 1.10 bits per heavy atom. The largest absolute Gasteiger partial charge is 0.484 e. The minimum Gasteiger partial charge on any atom is -0.484 e. The fourth-order valence-corrected chi connectivity index (χ4v) is 3.70. The highest BCUT2D eigenvalue weighted by Gasteiger charge is 2.29. The number of amides is 2. The van der Waals surface area contributed by atoms with Gasteiger partial charge >= 0.3 is 0 Å². The van der Waals surface area contributed by atoms with Crippen LogP contribution in [0, 0.1) is 3.57 Å². The van der Waals surface area contributed by atoms with E-state index in [0.717, 1.165) is 3.57 Å². The molecule has 0 aliphatic rings. The number of carbonyl (C=O) groups excluding carboxylic acids is 2. The molecule has 2 rings (SSSR count). The van der Waals surface area contributed by atoms with Crippen LogP contribution in [0.3, 0.4) is 0 Å². The summed E-state index contributed by atoms with van der Waals surface area (Å²) in [6.07, 6.45) is 0.448. The molecule has 0 fully saturated rings. The number of likely N-dealkylation sites (N-methyl/N-ethyl adjacent to an activating group) is 1. The quantitative estimate of drug-likeness (QED) is 0.452. The van der Waals surface area contributed by atoms with Gasteiger partial charge in [0.05, 0.1) is 0 Å². The molecule has 1 N–H and O–H groups in total. The van der Waals surface area contributed by atoms with Gasteiger partial charge in [-0.2, -0.15) is 0 Å². The molecule has 2 amide bonds. The molecule has 0 aromatic heterocycles. The molecule has 0 aliphatic heterocycles. The van der Waals surface area contributed by atoms with Crippen molar-refractivity contribution in [2.24, 2.45) is 0 Å². The van der Waals surface area contributed by atoms with Crippen LogP contribution in [0.1, 0.15) is 25.8 Å². The minimum atomic E-state index is -0.657. The Hall–Kier alpha value is -1.51. The Morgan fingerprint density at radius 2 is 1.72 bits per heavy atom. The van der Waals surface area contributed by atoms with Gasteiger partial charge in [0.2, 0.25) is 5.91 Å². The molecule has 0 aliphatic carbocycles. The van der Waals surface area contributed by atoms with Crippen LogP contribution in [0.5, 0.6) is 5.75 Å². The van der Waals surface area contributed by atoms with E-state index < -0.39 is 6.04 Å². The highest BCUT2D eigenvalue weighted by Crippen LogP contribution is 2.27. The van der Waals surface area contributed by atoms with Crippen molar-refractivity contribution in [3.05, 3.63) is 61.6 Å². The molecule has 0 saturated heterocycles. The number of carbonyl (C=O) groups is 2. The molecule has 1 atom stereocenters. The maximum absolute atomic E-state index is 13.1. The second-order valence-corrected chi connectivity index (χ2v) is 8.34. The third kappa shape index (κ3) is 6.76. The molecule has 2 aromatic carbocycles. The first-order valence-electron chi connectivity index (χ1n) is 9.25. The molecule has 156 valence electrons. The predicted octanol–water partition coefficient (Wildman–Crippen LogP) is 4.92. The predicted molar refractivity (Wildman–Crippen MR) is 124 cm³/mol. The van der Waals surface area contributed by atoms with Crippen LogP contribution in [0.25, 0.3) is 0 Å². The highest BCUT2D eigenvalue weighted by molar-refractivity contribution is 14.1. The summed E-state index contributed by atoms with van der Waals surface area (Å²) in [5, 5.41) is 3.67. The normalized spacial score (nSPS) is 11.6. The van der Waals surface area contributed by atoms with Gasteiger partial charge in [0.1, 0.15) is 11.8 Å². The zero-order valence-corrected chi connectivity index (χ0v) is 19.9. The molecular weight excluding hydrogens is 526 g/mol. The topological polar surface area (TPSA) is 58.6 Å². The van der Waals surface area contributed by atoms with Gasteiger partial charge in [0.25, 0.3) is 5.91 Å². The van der Waals surface area contributed by atoms with Gasteiger partial charge in [-0.3, -0.25) is 9.59 Å². The average Bonchev–Trinajstić information content (AvgIpc) is 2.69. The third-order valence-corrected chi connectivity index (χ3v) is 5.73. The maximum Gasteiger partial charge on any atom is 0.261 e. The second kappa shape index (κ2) is 11.6. The summed E-state index contributed by atoms with van der Waals surface area (Å²) < 4.78 is 6.71. The number of halogens is 3. The summed E-state index contributed by atoms with van der Waals surface area (Å²) in [6.45, 7) is 4.08. The van der Waals surface area contributed by atoms with Crippen LogP contribution in [0.2, 0.25) is 10.0 Å². The van der Waals surface area contributed by atoms with Gasteiger partial charge in [0.15, 0.2) is 6.61 Å². The van der Waals surface area contributed by atoms with Crippen molar-refractivity contribution >= 4 is 57.6 Å². The zero-order chi connectivity index (χ0) is 21.4. The van der Waals surface area contributed by atoms with E-state index in [9.17, 15) is 9.59 Å². The van der Waals surface area contributed by atoms with Crippen molar-refractivity contribution in [2.45, 2.75) is 32.9 Å². The Kier molecular flexibility index (Phi) is 9.52. The van der Waals surface area contributed by atoms with Crippen molar-refractivity contribution in [1.29, 1.82) is 0 Å². The second-order valence-electron chi connectivity index (χ2n) is 6.28. The van der Waals surface area contributed by atoms with Gasteiger partial charge in [-0.15, -0.1) is 0 Å². The molecule has 29 heavy (non-hydrogen) atoms. The molecular formula is C21H23Cl2IN2O3. The summed E-state index contributed by atoms with van der Waals surface area (Å²) >= 11 is 14.8. The average molecular weight is 549 g/mol. The molecule has 0 spiro atoms. The molecule has 0 saturated carbocycles. The maximum atomic E-state index is 13.1. The number of ether oxygens (including phenoxy) is 1. The number of hydrogen-bond donors (Lipinski definition) is 1. The van der Waals surface area contributed by atoms with Crippen molar-refractivity contribution in [2.75, 3.05) is 13.2 Å². The zero-order valence-electron chi connectivity index (χ0n) is 16.3. The van der Waals surface area contributed by atoms with Crippen LogP contribution in [-0.2, 0) is 16.1 Å². The van der Waals surface area contributed by atoms with E-state index in [4.69, 9.17) is 27.9 Å². The van der Waals surface area contributed by atoms with E-state index in [-0.39, 0.29) is 25.0 Å². The van der Waals surface area contributed by atoms with Crippen LogP contribution < -0.4 is 10.1 Å². The number of hydrogen-bond acceptors (Lipinski definition) is 3. The Labute approximate surface area is 194 Å². The molecule has 0 unspecified atom stereocenters. The summed E-state index contributed by atoms with van der Waals surface area (Å²) in [7, 11) is 0. The number of benzene rings is 2. The first-order valence-corrected chi connectivity index (χ1v) is 11.1. The number of nitrogens with one attached hydrogen (secondary N) is 1. The van der Waals surface area contributed by atoms with Gasteiger partial charge in [-0.25, -0.2) is 0 Å². The van der Waals surface area contributed by atoms with Gasteiger partial charge in [-0.05, 0) is 72.3 Å². The van der Waals surface area contributed by atoms with Crippen molar-refractivity contribution in [3.8, 4) is 5.75 Å². The smallest absolute Gasteiger partial charge is 0.261 e. The van der Waals surface area contributed by atoms with E-state index in [2.05, 4.69) is 27.9 Å². The summed E-state index contributed by atoms with van der Waals surface area (Å²) in [5.74, 6) is 0.0407. The lowest BCUT2D eigenvalue weighted by atomic mass is 10.1. The lowest BCUT2D eigenvalue weighted by Gasteiger charge is -2.31. The first kappa shape index (κ1) is 23.8. The van der Waals surface area contributed by atoms with Crippen molar-refractivity contribution in [1.82, 2.24) is 10.2 Å². The van der Waals surface area contributed by atoms with Crippen LogP contribution >= 0.6 is 45.8 Å². The molecule has 0 bridgehead atoms. The van der Waals surface area contributed by atoms with E-state index in [1.807, 2.05) is 26.0 Å². The Balaban J connectivity index is 2.25. The van der Waals surface area contributed by atoms with Crippen LogP contribution in [0.15, 0.2) is 42.5 Å². The Morgan fingerprint density at radius 3 is 2.28 bits per heavy atom. The van der Waals surface area contributed by atoms with E-state index in [1.165, 1.54) is 4.90 Å². The summed E-state index contributed by atoms with van der Waals surface area (Å²) in [4.78, 5) is 27.1. The number of rotatable bonds is 9. The fourth-order valence-electron chi connectivity index (χ4n) is 2.82. The van der Waals surface area contributed by atoms with Crippen molar-refractivity contribution < 1.29 is 14.3 Å². The summed E-state index contributed by atoms with van der Waals surface area (Å²) in [6, 6.07) is 11.9. The van der Waals surface area contributed by atoms with Crippen LogP contribution in [-0.4, -0.2) is 35.9 Å². The molecule has 0 radical (unpaired) electrons. The van der Waals surface area contributed by atoms with Gasteiger partial charge < -0.3 is 15.0 Å². The standard InChI is InChI=1S/C21H23Cl2IN2O3/c1-3-19(21(28)25-4-2)26(12-16-17(22)6-5-7-18(16)23)20(27)13-29-15-10-8-14(24)9-11-15/h5-11,19H,3-4,12-13H2,1-2H3,(H,25,28)/t19-/m0/s1.